The van der Waals surface area contributed by atoms with Crippen LogP contribution < -0.4 is 19.8 Å². The number of hydrogen-bond acceptors (Lipinski definition) is 7. The molecule has 0 spiro atoms. The molecular weight excluding hydrogens is 605 g/mol. The van der Waals surface area contributed by atoms with Crippen molar-refractivity contribution in [3.05, 3.63) is 117 Å². The smallest absolute Gasteiger partial charge is 0.282 e. The van der Waals surface area contributed by atoms with Gasteiger partial charge < -0.3 is 18.6 Å². The first-order valence-electron chi connectivity index (χ1n) is 12.8. The van der Waals surface area contributed by atoms with Crippen LogP contribution in [0, 0.1) is 5.82 Å². The molecule has 0 bridgehead atoms. The first-order valence-corrected chi connectivity index (χ1v) is 13.6. The third kappa shape index (κ3) is 5.12. The van der Waals surface area contributed by atoms with Crippen molar-refractivity contribution >= 4 is 44.0 Å². The molecule has 0 aliphatic heterocycles. The van der Waals surface area contributed by atoms with Crippen molar-refractivity contribution in [3.63, 3.8) is 0 Å². The maximum atomic E-state index is 14.1. The third-order valence-corrected chi connectivity index (χ3v) is 7.34. The highest BCUT2D eigenvalue weighted by Gasteiger charge is 2.18. The van der Waals surface area contributed by atoms with Gasteiger partial charge in [0.1, 0.15) is 23.8 Å². The van der Waals surface area contributed by atoms with Crippen LogP contribution in [0.15, 0.2) is 104 Å². The molecule has 2 heterocycles. The summed E-state index contributed by atoms with van der Waals surface area (Å²) in [7, 11) is 3.09. The molecule has 0 aliphatic carbocycles. The first-order chi connectivity index (χ1) is 20.5. The van der Waals surface area contributed by atoms with Gasteiger partial charge in [-0.2, -0.15) is 9.78 Å². The van der Waals surface area contributed by atoms with Gasteiger partial charge in [0.05, 0.1) is 36.7 Å². The minimum absolute atomic E-state index is 0.0205. The molecule has 0 radical (unpaired) electrons. The molecule has 0 atom stereocenters. The summed E-state index contributed by atoms with van der Waals surface area (Å²) >= 11 is 3.55. The molecule has 0 aliphatic rings. The number of furan rings is 1. The number of aromatic nitrogens is 2. The van der Waals surface area contributed by atoms with Crippen molar-refractivity contribution in [2.75, 3.05) is 14.2 Å². The number of halogens is 2. The van der Waals surface area contributed by atoms with Crippen LogP contribution in [0.3, 0.4) is 0 Å². The van der Waals surface area contributed by atoms with E-state index >= 15 is 0 Å². The molecular formula is C32H23BrFN3O5. The predicted octanol–water partition coefficient (Wildman–Crippen LogP) is 7.19. The summed E-state index contributed by atoms with van der Waals surface area (Å²) in [5, 5.41) is 5.68. The number of hydrogen-bond donors (Lipinski definition) is 0. The van der Waals surface area contributed by atoms with Crippen LogP contribution in [-0.4, -0.2) is 30.1 Å². The number of nitrogens with zero attached hydrogens (tertiary/aromatic N) is 3. The quantitative estimate of drug-likeness (QED) is 0.166. The van der Waals surface area contributed by atoms with E-state index in [2.05, 4.69) is 21.0 Å². The fourth-order valence-corrected chi connectivity index (χ4v) is 4.95. The van der Waals surface area contributed by atoms with E-state index in [9.17, 15) is 9.18 Å². The summed E-state index contributed by atoms with van der Waals surface area (Å²) in [5.74, 6) is 1.67. The van der Waals surface area contributed by atoms with Crippen LogP contribution in [0.5, 0.6) is 17.2 Å². The second-order valence-corrected chi connectivity index (χ2v) is 10.1. The van der Waals surface area contributed by atoms with Gasteiger partial charge in [-0.1, -0.05) is 36.4 Å². The number of para-hydroxylation sites is 1. The van der Waals surface area contributed by atoms with E-state index in [1.807, 2.05) is 24.3 Å². The first kappa shape index (κ1) is 27.2. The van der Waals surface area contributed by atoms with E-state index in [1.54, 1.807) is 61.7 Å². The minimum Gasteiger partial charge on any atom is -0.496 e. The molecule has 0 saturated heterocycles. The highest BCUT2D eigenvalue weighted by atomic mass is 79.9. The molecule has 0 amide bonds. The van der Waals surface area contributed by atoms with Gasteiger partial charge in [-0.3, -0.25) is 4.79 Å². The maximum absolute atomic E-state index is 14.1. The Bertz CT molecular complexity index is 2040. The zero-order chi connectivity index (χ0) is 29.2. The van der Waals surface area contributed by atoms with Crippen molar-refractivity contribution in [1.29, 1.82) is 0 Å². The fraction of sp³-hybridized carbons (Fsp3) is 0.0938. The lowest BCUT2D eigenvalue weighted by Crippen LogP contribution is -2.20. The Balaban J connectivity index is 1.41. The van der Waals surface area contributed by atoms with Crippen molar-refractivity contribution in [2.45, 2.75) is 6.61 Å². The highest BCUT2D eigenvalue weighted by Crippen LogP contribution is 2.35. The maximum Gasteiger partial charge on any atom is 0.282 e. The Labute approximate surface area is 247 Å². The minimum atomic E-state index is -0.368. The molecule has 6 rings (SSSR count). The SMILES string of the molecule is COc1cc(C=Nn2c(-c3cc4c(OC)cccc4o3)nc3ccccc3c2=O)c(Br)cc1OCc1ccccc1F. The van der Waals surface area contributed by atoms with Gasteiger partial charge >= 0.3 is 0 Å². The van der Waals surface area contributed by atoms with Crippen LogP contribution >= 0.6 is 15.9 Å². The summed E-state index contributed by atoms with van der Waals surface area (Å²) in [4.78, 5) is 18.4. The van der Waals surface area contributed by atoms with Crippen LogP contribution in [0.1, 0.15) is 11.1 Å². The molecule has 0 unspecified atom stereocenters. The van der Waals surface area contributed by atoms with E-state index in [-0.39, 0.29) is 23.8 Å². The monoisotopic (exact) mass is 627 g/mol. The van der Waals surface area contributed by atoms with Gasteiger partial charge in [0.2, 0.25) is 5.82 Å². The second kappa shape index (κ2) is 11.5. The topological polar surface area (TPSA) is 88.1 Å². The number of rotatable bonds is 8. The summed E-state index contributed by atoms with van der Waals surface area (Å²) in [6.07, 6.45) is 1.51. The van der Waals surface area contributed by atoms with Gasteiger partial charge in [0.25, 0.3) is 5.56 Å². The second-order valence-electron chi connectivity index (χ2n) is 9.20. The Morgan fingerprint density at radius 1 is 0.929 bits per heavy atom. The Kier molecular flexibility index (Phi) is 7.45. The van der Waals surface area contributed by atoms with Gasteiger partial charge in [0, 0.05) is 15.6 Å². The summed E-state index contributed by atoms with van der Waals surface area (Å²) in [6.45, 7) is 0.0205. The summed E-state index contributed by atoms with van der Waals surface area (Å²) in [5.41, 5.74) is 1.74. The molecule has 4 aromatic carbocycles. The van der Waals surface area contributed by atoms with Crippen molar-refractivity contribution in [2.24, 2.45) is 5.10 Å². The van der Waals surface area contributed by atoms with Gasteiger partial charge in [-0.15, -0.1) is 0 Å². The van der Waals surface area contributed by atoms with E-state index in [0.717, 1.165) is 5.39 Å². The Morgan fingerprint density at radius 2 is 1.71 bits per heavy atom. The molecule has 0 fully saturated rings. The van der Waals surface area contributed by atoms with Crippen LogP contribution in [0.2, 0.25) is 0 Å². The van der Waals surface area contributed by atoms with Crippen molar-refractivity contribution in [1.82, 2.24) is 9.66 Å². The van der Waals surface area contributed by atoms with Crippen LogP contribution in [0.4, 0.5) is 4.39 Å². The molecule has 10 heteroatoms. The van der Waals surface area contributed by atoms with Crippen LogP contribution in [0.25, 0.3) is 33.5 Å². The lowest BCUT2D eigenvalue weighted by molar-refractivity contribution is 0.279. The van der Waals surface area contributed by atoms with Gasteiger partial charge in [0.15, 0.2) is 17.3 Å². The molecule has 6 aromatic rings. The van der Waals surface area contributed by atoms with E-state index in [0.29, 0.717) is 55.1 Å². The van der Waals surface area contributed by atoms with E-state index in [4.69, 9.17) is 23.6 Å². The number of methoxy groups -OCH3 is 2. The lowest BCUT2D eigenvalue weighted by Gasteiger charge is -2.13. The van der Waals surface area contributed by atoms with Crippen molar-refractivity contribution < 1.29 is 23.0 Å². The molecule has 0 saturated carbocycles. The summed E-state index contributed by atoms with van der Waals surface area (Å²) in [6, 6.07) is 24.1. The normalized spacial score (nSPS) is 11.4. The van der Waals surface area contributed by atoms with E-state index in [1.165, 1.54) is 24.1 Å². The lowest BCUT2D eigenvalue weighted by atomic mass is 10.2. The van der Waals surface area contributed by atoms with E-state index < -0.39 is 0 Å². The van der Waals surface area contributed by atoms with Crippen LogP contribution in [-0.2, 0) is 6.61 Å². The third-order valence-electron chi connectivity index (χ3n) is 6.65. The largest absolute Gasteiger partial charge is 0.496 e. The highest BCUT2D eigenvalue weighted by molar-refractivity contribution is 9.10. The van der Waals surface area contributed by atoms with Gasteiger partial charge in [-0.25, -0.2) is 9.37 Å². The molecule has 2 aromatic heterocycles. The Hall–Kier alpha value is -4.96. The molecule has 42 heavy (non-hydrogen) atoms. The molecule has 0 N–H and O–H groups in total. The molecule has 210 valence electrons. The zero-order valence-corrected chi connectivity index (χ0v) is 24.1. The molecule has 8 nitrogen and oxygen atoms in total. The average molecular weight is 628 g/mol. The standard InChI is InChI=1S/C32H23BrFN3O5/c1-39-26-12-7-13-27-22(26)15-30(42-27)31-36-25-11-6-4-9-21(25)32(38)37(31)35-17-20-14-28(40-2)29(16-23(20)33)41-18-19-8-3-5-10-24(19)34/h3-17H,18H2,1-2H3. The fourth-order valence-electron chi connectivity index (χ4n) is 4.53. The van der Waals surface area contributed by atoms with Gasteiger partial charge in [-0.05, 0) is 64.5 Å². The Morgan fingerprint density at radius 3 is 2.52 bits per heavy atom. The summed E-state index contributed by atoms with van der Waals surface area (Å²) < 4.78 is 38.9. The number of ether oxygens (including phenoxy) is 3. The predicted molar refractivity (Wildman–Crippen MR) is 162 cm³/mol. The average Bonchev–Trinajstić information content (AvgIpc) is 3.45. The number of fused-ring (bicyclic) bond motifs is 2. The zero-order valence-electron chi connectivity index (χ0n) is 22.5. The van der Waals surface area contributed by atoms with Crippen molar-refractivity contribution in [3.8, 4) is 28.8 Å². The number of benzene rings is 4.